The van der Waals surface area contributed by atoms with Gasteiger partial charge in [-0.3, -0.25) is 14.2 Å². The van der Waals surface area contributed by atoms with E-state index in [1.165, 1.54) is 4.57 Å². The Morgan fingerprint density at radius 3 is 2.52 bits per heavy atom. The molecule has 2 aromatic rings. The number of nitrogens with zero attached hydrogens (tertiary/aromatic N) is 2. The molecule has 27 heavy (non-hydrogen) atoms. The third kappa shape index (κ3) is 3.46. The molecule has 2 aliphatic heterocycles. The number of halogens is 2. The van der Waals surface area contributed by atoms with Crippen molar-refractivity contribution >= 4 is 5.91 Å². The summed E-state index contributed by atoms with van der Waals surface area (Å²) in [5.41, 5.74) is 0.725. The highest BCUT2D eigenvalue weighted by Gasteiger charge is 2.34. The van der Waals surface area contributed by atoms with E-state index in [1.54, 1.807) is 12.1 Å². The van der Waals surface area contributed by atoms with Crippen molar-refractivity contribution in [1.29, 1.82) is 0 Å². The molecule has 0 aliphatic carbocycles. The van der Waals surface area contributed by atoms with E-state index in [0.717, 1.165) is 49.8 Å². The summed E-state index contributed by atoms with van der Waals surface area (Å²) < 4.78 is 33.6. The van der Waals surface area contributed by atoms with E-state index in [9.17, 15) is 18.4 Å². The van der Waals surface area contributed by atoms with Crippen molar-refractivity contribution in [2.75, 3.05) is 13.1 Å². The van der Waals surface area contributed by atoms with Crippen molar-refractivity contribution < 1.29 is 18.3 Å². The molecule has 3 heterocycles. The van der Waals surface area contributed by atoms with Crippen molar-refractivity contribution in [3.8, 4) is 5.75 Å². The Labute approximate surface area is 155 Å². The van der Waals surface area contributed by atoms with Crippen LogP contribution in [0.5, 0.6) is 5.75 Å². The monoisotopic (exact) mass is 374 g/mol. The van der Waals surface area contributed by atoms with E-state index in [1.807, 2.05) is 4.90 Å². The number of carbonyl (C=O) groups excluding carboxylic acids is 1. The second kappa shape index (κ2) is 7.13. The highest BCUT2D eigenvalue weighted by molar-refractivity contribution is 5.81. The summed E-state index contributed by atoms with van der Waals surface area (Å²) in [6.07, 6.45) is 3.25. The van der Waals surface area contributed by atoms with E-state index in [-0.39, 0.29) is 23.8 Å². The fourth-order valence-electron chi connectivity index (χ4n) is 3.88. The van der Waals surface area contributed by atoms with Crippen LogP contribution >= 0.6 is 0 Å². The van der Waals surface area contributed by atoms with Crippen molar-refractivity contribution in [2.24, 2.45) is 0 Å². The Kier molecular flexibility index (Phi) is 4.68. The molecule has 1 fully saturated rings. The van der Waals surface area contributed by atoms with Gasteiger partial charge in [0, 0.05) is 24.8 Å². The molecule has 4 rings (SSSR count). The quantitative estimate of drug-likeness (QED) is 0.827. The van der Waals surface area contributed by atoms with Gasteiger partial charge in [0.15, 0.2) is 5.75 Å². The Hall–Kier alpha value is -2.70. The molecule has 5 nitrogen and oxygen atoms in total. The van der Waals surface area contributed by atoms with Crippen molar-refractivity contribution in [2.45, 2.75) is 38.3 Å². The van der Waals surface area contributed by atoms with Crippen LogP contribution in [0.4, 0.5) is 8.78 Å². The average molecular weight is 374 g/mol. The number of rotatable bonds is 4. The van der Waals surface area contributed by atoms with Gasteiger partial charge in [0.25, 0.3) is 5.56 Å². The fourth-order valence-corrected chi connectivity index (χ4v) is 3.88. The van der Waals surface area contributed by atoms with Gasteiger partial charge in [-0.15, -0.1) is 0 Å². The first-order valence-electron chi connectivity index (χ1n) is 9.14. The zero-order chi connectivity index (χ0) is 19.0. The van der Waals surface area contributed by atoms with Crippen LogP contribution in [0.1, 0.15) is 36.6 Å². The number of fused-ring (bicyclic) bond motifs is 1. The van der Waals surface area contributed by atoms with Gasteiger partial charge in [0.05, 0.1) is 0 Å². The number of amides is 1. The van der Waals surface area contributed by atoms with Gasteiger partial charge in [-0.2, -0.15) is 0 Å². The Bertz CT molecular complexity index is 915. The third-order valence-corrected chi connectivity index (χ3v) is 5.17. The van der Waals surface area contributed by atoms with Crippen molar-refractivity contribution in [3.05, 3.63) is 63.6 Å². The molecule has 0 saturated carbocycles. The van der Waals surface area contributed by atoms with Crippen LogP contribution in [-0.4, -0.2) is 28.5 Å². The Morgan fingerprint density at radius 2 is 1.81 bits per heavy atom. The summed E-state index contributed by atoms with van der Waals surface area (Å²) >= 11 is 0. The van der Waals surface area contributed by atoms with Gasteiger partial charge in [-0.05, 0) is 55.5 Å². The second-order valence-electron chi connectivity index (χ2n) is 7.02. The largest absolute Gasteiger partial charge is 0.483 e. The zero-order valence-corrected chi connectivity index (χ0v) is 14.8. The van der Waals surface area contributed by atoms with Crippen LogP contribution in [0.3, 0.4) is 0 Å². The number of hydrogen-bond donors (Lipinski definition) is 0. The SMILES string of the molecule is O=C([C@@H]1CCc2ccc(OCc3cc(F)cc(F)c3)c(=O)n21)N1CCCC1. The number of ether oxygens (including phenoxy) is 1. The van der Waals surface area contributed by atoms with Crippen LogP contribution in [0.2, 0.25) is 0 Å². The summed E-state index contributed by atoms with van der Waals surface area (Å²) in [7, 11) is 0. The average Bonchev–Trinajstić information content (AvgIpc) is 3.30. The maximum atomic E-state index is 13.3. The lowest BCUT2D eigenvalue weighted by atomic mass is 10.2. The minimum atomic E-state index is -0.699. The van der Waals surface area contributed by atoms with Gasteiger partial charge in [-0.1, -0.05) is 0 Å². The van der Waals surface area contributed by atoms with Crippen LogP contribution < -0.4 is 10.3 Å². The van der Waals surface area contributed by atoms with Gasteiger partial charge < -0.3 is 9.64 Å². The number of benzene rings is 1. The van der Waals surface area contributed by atoms with Gasteiger partial charge in [-0.25, -0.2) is 8.78 Å². The molecule has 1 atom stereocenters. The number of aryl methyl sites for hydroxylation is 1. The molecular weight excluding hydrogens is 354 g/mol. The topological polar surface area (TPSA) is 51.5 Å². The Morgan fingerprint density at radius 1 is 1.11 bits per heavy atom. The molecule has 0 bridgehead atoms. The van der Waals surface area contributed by atoms with Gasteiger partial charge in [0.2, 0.25) is 5.91 Å². The standard InChI is InChI=1S/C20H20F2N2O3/c21-14-9-13(10-15(22)11-14)12-27-18-6-4-16-3-5-17(24(16)20(18)26)19(25)23-7-1-2-8-23/h4,6,9-11,17H,1-3,5,7-8,12H2/t17-/m0/s1. The van der Waals surface area contributed by atoms with Crippen LogP contribution in [0, 0.1) is 11.6 Å². The van der Waals surface area contributed by atoms with Crippen LogP contribution in [0.15, 0.2) is 35.1 Å². The minimum absolute atomic E-state index is 0.0160. The predicted molar refractivity (Wildman–Crippen MR) is 94.6 cm³/mol. The molecule has 0 radical (unpaired) electrons. The number of aromatic nitrogens is 1. The summed E-state index contributed by atoms with van der Waals surface area (Å²) in [6.45, 7) is 1.34. The molecule has 0 spiro atoms. The molecule has 2 aliphatic rings. The van der Waals surface area contributed by atoms with Gasteiger partial charge >= 0.3 is 0 Å². The highest BCUT2D eigenvalue weighted by atomic mass is 19.1. The van der Waals surface area contributed by atoms with Crippen LogP contribution in [0.25, 0.3) is 0 Å². The molecule has 1 saturated heterocycles. The zero-order valence-electron chi connectivity index (χ0n) is 14.8. The summed E-state index contributed by atoms with van der Waals surface area (Å²) in [5, 5.41) is 0. The second-order valence-corrected chi connectivity index (χ2v) is 7.02. The maximum Gasteiger partial charge on any atom is 0.293 e. The molecule has 1 aromatic heterocycles. The minimum Gasteiger partial charge on any atom is -0.483 e. The first-order valence-corrected chi connectivity index (χ1v) is 9.14. The van der Waals surface area contributed by atoms with Crippen molar-refractivity contribution in [1.82, 2.24) is 9.47 Å². The molecule has 0 N–H and O–H groups in total. The first kappa shape index (κ1) is 17.7. The lowest BCUT2D eigenvalue weighted by Gasteiger charge is -2.22. The number of likely N-dealkylation sites (tertiary alicyclic amines) is 1. The predicted octanol–water partition coefficient (Wildman–Crippen LogP) is 2.82. The molecule has 1 aromatic carbocycles. The summed E-state index contributed by atoms with van der Waals surface area (Å²) in [5.74, 6) is -1.34. The van der Waals surface area contributed by atoms with E-state index in [4.69, 9.17) is 4.74 Å². The number of pyridine rings is 1. The molecule has 7 heteroatoms. The smallest absolute Gasteiger partial charge is 0.293 e. The Balaban J connectivity index is 1.56. The summed E-state index contributed by atoms with van der Waals surface area (Å²) in [4.78, 5) is 27.4. The fraction of sp³-hybridized carbons (Fsp3) is 0.400. The van der Waals surface area contributed by atoms with Crippen LogP contribution in [-0.2, 0) is 17.8 Å². The molecule has 1 amide bonds. The molecule has 0 unspecified atom stereocenters. The highest BCUT2D eigenvalue weighted by Crippen LogP contribution is 2.28. The first-order chi connectivity index (χ1) is 13.0. The van der Waals surface area contributed by atoms with E-state index >= 15 is 0 Å². The van der Waals surface area contributed by atoms with E-state index < -0.39 is 17.7 Å². The maximum absolute atomic E-state index is 13.3. The molecule has 142 valence electrons. The lowest BCUT2D eigenvalue weighted by molar-refractivity contribution is -0.133. The van der Waals surface area contributed by atoms with E-state index in [0.29, 0.717) is 18.4 Å². The summed E-state index contributed by atoms with van der Waals surface area (Å²) in [6, 6.07) is 5.94. The lowest BCUT2D eigenvalue weighted by Crippen LogP contribution is -2.37. The van der Waals surface area contributed by atoms with E-state index in [2.05, 4.69) is 0 Å². The molecular formula is C20H20F2N2O3. The third-order valence-electron chi connectivity index (χ3n) is 5.17. The van der Waals surface area contributed by atoms with Crippen molar-refractivity contribution in [3.63, 3.8) is 0 Å². The number of hydrogen-bond acceptors (Lipinski definition) is 3. The van der Waals surface area contributed by atoms with Gasteiger partial charge in [0.1, 0.15) is 24.3 Å². The normalized spacial score (nSPS) is 18.6. The number of carbonyl (C=O) groups is 1.